The molecule has 4 rings (SSSR count). The molecular formula is C19H16FN3O2. The molecule has 0 fully saturated rings. The number of hydrogen-bond acceptors (Lipinski definition) is 2. The van der Waals surface area contributed by atoms with Gasteiger partial charge in [-0.2, -0.15) is 0 Å². The van der Waals surface area contributed by atoms with Gasteiger partial charge in [0.15, 0.2) is 0 Å². The topological polar surface area (TPSA) is 61.4 Å². The van der Waals surface area contributed by atoms with Crippen LogP contribution in [0.3, 0.4) is 0 Å². The van der Waals surface area contributed by atoms with E-state index in [0.717, 1.165) is 11.1 Å². The van der Waals surface area contributed by atoms with Gasteiger partial charge in [0.25, 0.3) is 5.91 Å². The molecule has 2 aromatic rings. The molecule has 5 nitrogen and oxygen atoms in total. The van der Waals surface area contributed by atoms with Crippen molar-refractivity contribution in [2.75, 3.05) is 6.54 Å². The second kappa shape index (κ2) is 6.05. The van der Waals surface area contributed by atoms with Crippen LogP contribution in [0.1, 0.15) is 17.2 Å². The lowest BCUT2D eigenvalue weighted by Crippen LogP contribution is -2.44. The highest BCUT2D eigenvalue weighted by Crippen LogP contribution is 2.32. The predicted octanol–water partition coefficient (Wildman–Crippen LogP) is 2.48. The van der Waals surface area contributed by atoms with E-state index in [-0.39, 0.29) is 17.8 Å². The minimum atomic E-state index is -0.462. The lowest BCUT2D eigenvalue weighted by molar-refractivity contribution is -0.126. The molecule has 1 atom stereocenters. The summed E-state index contributed by atoms with van der Waals surface area (Å²) < 4.78 is 13.1. The molecule has 126 valence electrons. The lowest BCUT2D eigenvalue weighted by Gasteiger charge is -2.25. The molecule has 0 aliphatic carbocycles. The van der Waals surface area contributed by atoms with E-state index in [9.17, 15) is 14.0 Å². The van der Waals surface area contributed by atoms with Gasteiger partial charge >= 0.3 is 6.03 Å². The van der Waals surface area contributed by atoms with Gasteiger partial charge in [-0.05, 0) is 23.3 Å². The van der Waals surface area contributed by atoms with Gasteiger partial charge < -0.3 is 15.5 Å². The molecular weight excluding hydrogens is 321 g/mol. The predicted molar refractivity (Wildman–Crippen MR) is 89.7 cm³/mol. The summed E-state index contributed by atoms with van der Waals surface area (Å²) >= 11 is 0. The largest absolute Gasteiger partial charge is 0.329 e. The molecule has 2 aromatic carbocycles. The first-order chi connectivity index (χ1) is 12.1. The van der Waals surface area contributed by atoms with Gasteiger partial charge in [-0.3, -0.25) is 4.79 Å². The first-order valence-electron chi connectivity index (χ1n) is 8.01. The number of benzene rings is 2. The molecule has 0 saturated heterocycles. The summed E-state index contributed by atoms with van der Waals surface area (Å²) in [5, 5.41) is 5.56. The minimum absolute atomic E-state index is 0.124. The zero-order valence-corrected chi connectivity index (χ0v) is 13.3. The molecule has 0 spiro atoms. The van der Waals surface area contributed by atoms with Gasteiger partial charge in [0, 0.05) is 6.54 Å². The van der Waals surface area contributed by atoms with E-state index < -0.39 is 6.04 Å². The Morgan fingerprint density at radius 1 is 1.04 bits per heavy atom. The van der Waals surface area contributed by atoms with Crippen LogP contribution in [0.5, 0.6) is 0 Å². The van der Waals surface area contributed by atoms with Crippen molar-refractivity contribution in [3.63, 3.8) is 0 Å². The minimum Gasteiger partial charge on any atom is -0.329 e. The van der Waals surface area contributed by atoms with Gasteiger partial charge in [-0.15, -0.1) is 0 Å². The Morgan fingerprint density at radius 3 is 2.48 bits per heavy atom. The number of nitrogens with zero attached hydrogens (tertiary/aromatic N) is 1. The van der Waals surface area contributed by atoms with Crippen LogP contribution in [0.2, 0.25) is 0 Å². The van der Waals surface area contributed by atoms with Gasteiger partial charge in [0.2, 0.25) is 0 Å². The maximum absolute atomic E-state index is 13.1. The fraction of sp³-hybridized carbons (Fsp3) is 0.158. The van der Waals surface area contributed by atoms with Crippen LogP contribution in [0.4, 0.5) is 9.18 Å². The third-order valence-corrected chi connectivity index (χ3v) is 4.44. The molecule has 2 aliphatic heterocycles. The maximum atomic E-state index is 13.1. The van der Waals surface area contributed by atoms with Crippen molar-refractivity contribution in [3.05, 3.63) is 82.8 Å². The second-order valence-electron chi connectivity index (χ2n) is 6.12. The zero-order chi connectivity index (χ0) is 17.4. The summed E-state index contributed by atoms with van der Waals surface area (Å²) in [6.07, 6.45) is 0. The summed E-state index contributed by atoms with van der Waals surface area (Å²) in [6, 6.07) is 14.7. The first kappa shape index (κ1) is 15.4. The van der Waals surface area contributed by atoms with E-state index in [1.807, 2.05) is 30.3 Å². The van der Waals surface area contributed by atoms with Crippen molar-refractivity contribution in [1.82, 2.24) is 15.5 Å². The number of urea groups is 1. The monoisotopic (exact) mass is 337 g/mol. The van der Waals surface area contributed by atoms with Gasteiger partial charge in [-0.1, -0.05) is 42.5 Å². The molecule has 0 unspecified atom stereocenters. The van der Waals surface area contributed by atoms with Crippen molar-refractivity contribution in [2.24, 2.45) is 0 Å². The van der Waals surface area contributed by atoms with Crippen molar-refractivity contribution in [3.8, 4) is 0 Å². The smallest absolute Gasteiger partial charge is 0.319 e. The van der Waals surface area contributed by atoms with Crippen molar-refractivity contribution >= 4 is 11.9 Å². The lowest BCUT2D eigenvalue weighted by atomic mass is 9.96. The average molecular weight is 337 g/mol. The molecule has 2 heterocycles. The van der Waals surface area contributed by atoms with E-state index in [4.69, 9.17) is 0 Å². The van der Waals surface area contributed by atoms with Crippen LogP contribution in [-0.4, -0.2) is 23.4 Å². The van der Waals surface area contributed by atoms with Crippen LogP contribution in [0.25, 0.3) is 0 Å². The SMILES string of the molecule is O=C1NC2=C(C(=O)N(Cc3ccc(F)cc3)C2)[C@@H](c2ccccc2)N1. The summed E-state index contributed by atoms with van der Waals surface area (Å²) in [7, 11) is 0. The molecule has 0 aromatic heterocycles. The van der Waals surface area contributed by atoms with E-state index in [1.165, 1.54) is 12.1 Å². The van der Waals surface area contributed by atoms with Crippen molar-refractivity contribution in [1.29, 1.82) is 0 Å². The number of halogens is 1. The van der Waals surface area contributed by atoms with Crippen LogP contribution in [-0.2, 0) is 11.3 Å². The molecule has 2 N–H and O–H groups in total. The molecule has 0 saturated carbocycles. The van der Waals surface area contributed by atoms with E-state index in [2.05, 4.69) is 10.6 Å². The Balaban J connectivity index is 1.61. The maximum Gasteiger partial charge on any atom is 0.319 e. The number of amides is 3. The zero-order valence-electron chi connectivity index (χ0n) is 13.3. The fourth-order valence-electron chi connectivity index (χ4n) is 3.26. The van der Waals surface area contributed by atoms with Gasteiger partial charge in [0.05, 0.1) is 23.9 Å². The summed E-state index contributed by atoms with van der Waals surface area (Å²) in [5.41, 5.74) is 2.89. The highest BCUT2D eigenvalue weighted by atomic mass is 19.1. The highest BCUT2D eigenvalue weighted by molar-refractivity contribution is 6.01. The molecule has 0 bridgehead atoms. The quantitative estimate of drug-likeness (QED) is 0.904. The van der Waals surface area contributed by atoms with Crippen LogP contribution < -0.4 is 10.6 Å². The fourth-order valence-corrected chi connectivity index (χ4v) is 3.26. The van der Waals surface area contributed by atoms with E-state index in [1.54, 1.807) is 17.0 Å². The molecule has 6 heteroatoms. The molecule has 0 radical (unpaired) electrons. The van der Waals surface area contributed by atoms with Gasteiger partial charge in [0.1, 0.15) is 5.82 Å². The number of carbonyl (C=O) groups is 2. The number of rotatable bonds is 3. The number of nitrogens with one attached hydrogen (secondary N) is 2. The molecule has 3 amide bonds. The Morgan fingerprint density at radius 2 is 1.76 bits per heavy atom. The molecule has 2 aliphatic rings. The van der Waals surface area contributed by atoms with Gasteiger partial charge in [-0.25, -0.2) is 9.18 Å². The van der Waals surface area contributed by atoms with Crippen LogP contribution in [0.15, 0.2) is 65.9 Å². The van der Waals surface area contributed by atoms with E-state index in [0.29, 0.717) is 24.4 Å². The Labute approximate surface area is 144 Å². The van der Waals surface area contributed by atoms with Crippen LogP contribution in [0, 0.1) is 5.82 Å². The highest BCUT2D eigenvalue weighted by Gasteiger charge is 2.40. The Kier molecular flexibility index (Phi) is 3.72. The Hall–Kier alpha value is -3.15. The third kappa shape index (κ3) is 2.87. The normalized spacial score (nSPS) is 19.6. The summed E-state index contributed by atoms with van der Waals surface area (Å²) in [5.74, 6) is -0.435. The van der Waals surface area contributed by atoms with E-state index >= 15 is 0 Å². The third-order valence-electron chi connectivity index (χ3n) is 4.44. The molecule has 25 heavy (non-hydrogen) atoms. The Bertz CT molecular complexity index is 862. The second-order valence-corrected chi connectivity index (χ2v) is 6.12. The standard InChI is InChI=1S/C19H16FN3O2/c20-14-8-6-12(7-9-14)10-23-11-15-16(18(23)24)17(22-19(25)21-15)13-4-2-1-3-5-13/h1-9,17H,10-11H2,(H2,21,22,25)/t17-/m1/s1. The first-order valence-corrected chi connectivity index (χ1v) is 8.01. The van der Waals surface area contributed by atoms with Crippen molar-refractivity contribution in [2.45, 2.75) is 12.6 Å². The van der Waals surface area contributed by atoms with Crippen molar-refractivity contribution < 1.29 is 14.0 Å². The summed E-state index contributed by atoms with van der Waals surface area (Å²) in [6.45, 7) is 0.700. The average Bonchev–Trinajstić information content (AvgIpc) is 2.92. The summed E-state index contributed by atoms with van der Waals surface area (Å²) in [4.78, 5) is 26.5. The number of hydrogen-bond donors (Lipinski definition) is 2. The van der Waals surface area contributed by atoms with Crippen LogP contribution >= 0.6 is 0 Å². The number of carbonyl (C=O) groups excluding carboxylic acids is 2.